The van der Waals surface area contributed by atoms with Crippen molar-refractivity contribution in [1.29, 1.82) is 0 Å². The van der Waals surface area contributed by atoms with Crippen molar-refractivity contribution in [2.24, 2.45) is 7.05 Å². The second-order valence-corrected chi connectivity index (χ2v) is 6.49. The van der Waals surface area contributed by atoms with Gasteiger partial charge in [-0.3, -0.25) is 9.48 Å². The summed E-state index contributed by atoms with van der Waals surface area (Å²) in [6.45, 7) is 2.03. The summed E-state index contributed by atoms with van der Waals surface area (Å²) in [5.41, 5.74) is 1.84. The number of aromatic nitrogens is 2. The lowest BCUT2D eigenvalue weighted by Gasteiger charge is -2.03. The maximum Gasteiger partial charge on any atom is 0.149 e. The van der Waals surface area contributed by atoms with Crippen molar-refractivity contribution >= 4 is 33.5 Å². The Labute approximate surface area is 136 Å². The number of hydrogen-bond acceptors (Lipinski definition) is 3. The molecule has 1 heterocycles. The monoisotopic (exact) mass is 370 g/mol. The first-order chi connectivity index (χ1) is 10.0. The van der Waals surface area contributed by atoms with Crippen molar-refractivity contribution < 1.29 is 9.18 Å². The largest absolute Gasteiger partial charge is 0.298 e. The van der Waals surface area contributed by atoms with E-state index in [2.05, 4.69) is 21.0 Å². The predicted molar refractivity (Wildman–Crippen MR) is 86.1 cm³/mol. The van der Waals surface area contributed by atoms with Gasteiger partial charge in [0.25, 0.3) is 0 Å². The van der Waals surface area contributed by atoms with E-state index in [0.717, 1.165) is 27.2 Å². The van der Waals surface area contributed by atoms with Gasteiger partial charge in [0.05, 0.1) is 28.0 Å². The Bertz CT molecular complexity index is 657. The van der Waals surface area contributed by atoms with Crippen molar-refractivity contribution in [3.8, 4) is 0 Å². The molecule has 0 aliphatic rings. The standard InChI is InChI=1S/C15H16BrFN2OS/c1-3-13-15(16)14(19(2)18-13)8-11(20)9-21-12-6-4-5-10(17)7-12/h4-7H,3,8-9H2,1-2H3. The Balaban J connectivity index is 1.98. The van der Waals surface area contributed by atoms with E-state index in [0.29, 0.717) is 12.2 Å². The summed E-state index contributed by atoms with van der Waals surface area (Å²) < 4.78 is 15.7. The molecule has 0 N–H and O–H groups in total. The summed E-state index contributed by atoms with van der Waals surface area (Å²) >= 11 is 4.86. The molecule has 2 aromatic rings. The number of carbonyl (C=O) groups excluding carboxylic acids is 1. The van der Waals surface area contributed by atoms with Crippen molar-refractivity contribution in [3.05, 3.63) is 45.9 Å². The third-order valence-electron chi connectivity index (χ3n) is 3.06. The summed E-state index contributed by atoms with van der Waals surface area (Å²) in [5.74, 6) is 0.132. The van der Waals surface area contributed by atoms with Gasteiger partial charge in [0, 0.05) is 11.9 Å². The van der Waals surface area contributed by atoms with E-state index >= 15 is 0 Å². The quantitative estimate of drug-likeness (QED) is 0.725. The molecule has 112 valence electrons. The molecule has 0 radical (unpaired) electrons. The highest BCUT2D eigenvalue weighted by Crippen LogP contribution is 2.24. The number of thioether (sulfide) groups is 1. The molecular formula is C15H16BrFN2OS. The van der Waals surface area contributed by atoms with Crippen LogP contribution >= 0.6 is 27.7 Å². The van der Waals surface area contributed by atoms with E-state index in [4.69, 9.17) is 0 Å². The lowest BCUT2D eigenvalue weighted by Crippen LogP contribution is -2.10. The van der Waals surface area contributed by atoms with Crippen molar-refractivity contribution in [3.63, 3.8) is 0 Å². The average molecular weight is 371 g/mol. The number of carbonyl (C=O) groups is 1. The topological polar surface area (TPSA) is 34.9 Å². The Hall–Kier alpha value is -1.14. The second-order valence-electron chi connectivity index (χ2n) is 4.65. The van der Waals surface area contributed by atoms with E-state index in [1.165, 1.54) is 23.9 Å². The molecule has 1 aromatic carbocycles. The van der Waals surface area contributed by atoms with Gasteiger partial charge >= 0.3 is 0 Å². The summed E-state index contributed by atoms with van der Waals surface area (Å²) in [6.07, 6.45) is 1.15. The van der Waals surface area contributed by atoms with Gasteiger partial charge in [-0.05, 0) is 40.5 Å². The number of Topliss-reactive ketones (excluding diaryl/α,β-unsaturated/α-hetero) is 1. The molecule has 0 spiro atoms. The molecule has 0 atom stereocenters. The Morgan fingerprint density at radius 2 is 2.24 bits per heavy atom. The molecule has 2 rings (SSSR count). The van der Waals surface area contributed by atoms with Gasteiger partial charge in [-0.15, -0.1) is 11.8 Å². The molecule has 0 bridgehead atoms. The molecule has 0 fully saturated rings. The second kappa shape index (κ2) is 7.22. The molecule has 0 unspecified atom stereocenters. The fourth-order valence-electron chi connectivity index (χ4n) is 1.97. The summed E-state index contributed by atoms with van der Waals surface area (Å²) in [7, 11) is 1.84. The average Bonchev–Trinajstić information content (AvgIpc) is 2.72. The fourth-order valence-corrected chi connectivity index (χ4v) is 3.53. The van der Waals surface area contributed by atoms with Crippen LogP contribution in [0.2, 0.25) is 0 Å². The van der Waals surface area contributed by atoms with Crippen molar-refractivity contribution in [1.82, 2.24) is 9.78 Å². The zero-order chi connectivity index (χ0) is 15.4. The number of halogens is 2. The van der Waals surface area contributed by atoms with Crippen LogP contribution in [0.3, 0.4) is 0 Å². The zero-order valence-electron chi connectivity index (χ0n) is 11.9. The minimum Gasteiger partial charge on any atom is -0.298 e. The predicted octanol–water partition coefficient (Wildman–Crippen LogP) is 3.79. The Morgan fingerprint density at radius 1 is 1.48 bits per heavy atom. The fraction of sp³-hybridized carbons (Fsp3) is 0.333. The molecule has 0 aliphatic carbocycles. The number of ketones is 1. The number of hydrogen-bond donors (Lipinski definition) is 0. The maximum absolute atomic E-state index is 13.1. The summed E-state index contributed by atoms with van der Waals surface area (Å²) in [4.78, 5) is 12.9. The van der Waals surface area contributed by atoms with Crippen LogP contribution in [0.5, 0.6) is 0 Å². The molecule has 3 nitrogen and oxygen atoms in total. The number of rotatable bonds is 6. The highest BCUT2D eigenvalue weighted by Gasteiger charge is 2.15. The minimum absolute atomic E-state index is 0.0932. The smallest absolute Gasteiger partial charge is 0.149 e. The third-order valence-corrected chi connectivity index (χ3v) is 5.03. The van der Waals surface area contributed by atoms with Crippen LogP contribution in [0.25, 0.3) is 0 Å². The first kappa shape index (κ1) is 16.2. The minimum atomic E-state index is -0.283. The lowest BCUT2D eigenvalue weighted by molar-refractivity contribution is -0.116. The van der Waals surface area contributed by atoms with E-state index in [9.17, 15) is 9.18 Å². The lowest BCUT2D eigenvalue weighted by atomic mass is 10.2. The highest BCUT2D eigenvalue weighted by atomic mass is 79.9. The Kier molecular flexibility index (Phi) is 5.58. The molecule has 0 saturated heterocycles. The first-order valence-corrected chi connectivity index (χ1v) is 8.39. The van der Waals surface area contributed by atoms with Crippen LogP contribution in [0.15, 0.2) is 33.6 Å². The van der Waals surface area contributed by atoms with Gasteiger partial charge in [0.2, 0.25) is 0 Å². The SMILES string of the molecule is CCc1nn(C)c(CC(=O)CSc2cccc(F)c2)c1Br. The first-order valence-electron chi connectivity index (χ1n) is 6.61. The third kappa shape index (κ3) is 4.17. The van der Waals surface area contributed by atoms with Gasteiger partial charge in [0.1, 0.15) is 11.6 Å². The number of nitrogens with zero attached hydrogens (tertiary/aromatic N) is 2. The Morgan fingerprint density at radius 3 is 2.86 bits per heavy atom. The van der Waals surface area contributed by atoms with E-state index in [1.807, 2.05) is 14.0 Å². The molecule has 0 amide bonds. The summed E-state index contributed by atoms with van der Waals surface area (Å²) in [6, 6.07) is 6.28. The van der Waals surface area contributed by atoms with Crippen LogP contribution in [0, 0.1) is 5.82 Å². The van der Waals surface area contributed by atoms with Crippen LogP contribution in [-0.2, 0) is 24.7 Å². The van der Waals surface area contributed by atoms with Crippen molar-refractivity contribution in [2.45, 2.75) is 24.7 Å². The molecule has 0 saturated carbocycles. The zero-order valence-corrected chi connectivity index (χ0v) is 14.3. The summed E-state index contributed by atoms with van der Waals surface area (Å²) in [5, 5.41) is 4.37. The highest BCUT2D eigenvalue weighted by molar-refractivity contribution is 9.10. The van der Waals surface area contributed by atoms with Crippen LogP contribution < -0.4 is 0 Å². The van der Waals surface area contributed by atoms with Crippen molar-refractivity contribution in [2.75, 3.05) is 5.75 Å². The van der Waals surface area contributed by atoms with Gasteiger partial charge in [-0.2, -0.15) is 5.10 Å². The van der Waals surface area contributed by atoms with Crippen LogP contribution in [0.1, 0.15) is 18.3 Å². The van der Waals surface area contributed by atoms with Gasteiger partial charge in [-0.1, -0.05) is 13.0 Å². The molecule has 6 heteroatoms. The van der Waals surface area contributed by atoms with Gasteiger partial charge in [-0.25, -0.2) is 4.39 Å². The van der Waals surface area contributed by atoms with E-state index in [1.54, 1.807) is 16.8 Å². The number of benzene rings is 1. The molecule has 21 heavy (non-hydrogen) atoms. The van der Waals surface area contributed by atoms with E-state index < -0.39 is 0 Å². The number of aryl methyl sites for hydroxylation is 2. The molecular weight excluding hydrogens is 355 g/mol. The normalized spacial score (nSPS) is 10.9. The van der Waals surface area contributed by atoms with Crippen LogP contribution in [-0.4, -0.2) is 21.3 Å². The van der Waals surface area contributed by atoms with Gasteiger partial charge in [0.15, 0.2) is 0 Å². The van der Waals surface area contributed by atoms with Crippen LogP contribution in [0.4, 0.5) is 4.39 Å². The van der Waals surface area contributed by atoms with E-state index in [-0.39, 0.29) is 11.6 Å². The molecule has 1 aromatic heterocycles. The molecule has 0 aliphatic heterocycles. The maximum atomic E-state index is 13.1. The van der Waals surface area contributed by atoms with Gasteiger partial charge < -0.3 is 0 Å².